The Morgan fingerprint density at radius 3 is 2.88 bits per heavy atom. The van der Waals surface area contributed by atoms with Gasteiger partial charge in [-0.25, -0.2) is 9.37 Å². The van der Waals surface area contributed by atoms with Crippen LogP contribution >= 0.6 is 24.0 Å². The van der Waals surface area contributed by atoms with E-state index in [1.165, 1.54) is 12.8 Å². The first-order valence-electron chi connectivity index (χ1n) is 11.0. The summed E-state index contributed by atoms with van der Waals surface area (Å²) in [6, 6.07) is 11.0. The number of pyridine rings is 1. The molecule has 6 nitrogen and oxygen atoms in total. The van der Waals surface area contributed by atoms with E-state index in [2.05, 4.69) is 20.6 Å². The van der Waals surface area contributed by atoms with Gasteiger partial charge in [-0.1, -0.05) is 12.1 Å². The largest absolute Gasteiger partial charge is 0.490 e. The Balaban J connectivity index is 0.00000289. The molecule has 2 N–H and O–H groups in total. The quantitative estimate of drug-likeness (QED) is 0.229. The molecule has 1 atom stereocenters. The second kappa shape index (κ2) is 11.5. The molecule has 1 aromatic carbocycles. The Bertz CT molecular complexity index is 1020. The van der Waals surface area contributed by atoms with Crippen molar-refractivity contribution in [1.29, 1.82) is 0 Å². The van der Waals surface area contributed by atoms with Gasteiger partial charge in [0.05, 0.1) is 18.3 Å². The number of fused-ring (bicyclic) bond motifs is 1. The normalized spacial score (nSPS) is 14.7. The molecule has 1 aliphatic carbocycles. The van der Waals surface area contributed by atoms with Crippen LogP contribution in [0.1, 0.15) is 44.0 Å². The van der Waals surface area contributed by atoms with E-state index in [4.69, 9.17) is 4.74 Å². The molecule has 1 fully saturated rings. The number of hydrogen-bond donors (Lipinski definition) is 2. The lowest BCUT2D eigenvalue weighted by molar-refractivity contribution is 0.285. The van der Waals surface area contributed by atoms with Gasteiger partial charge in [0, 0.05) is 31.9 Å². The summed E-state index contributed by atoms with van der Waals surface area (Å²) < 4.78 is 22.0. The van der Waals surface area contributed by atoms with Crippen molar-refractivity contribution in [2.24, 2.45) is 10.9 Å². The summed E-state index contributed by atoms with van der Waals surface area (Å²) in [5, 5.41) is 6.62. The van der Waals surface area contributed by atoms with Gasteiger partial charge >= 0.3 is 0 Å². The second-order valence-corrected chi connectivity index (χ2v) is 8.02. The number of guanidine groups is 1. The lowest BCUT2D eigenvalue weighted by Gasteiger charge is -2.19. The third kappa shape index (κ3) is 6.57. The molecule has 0 saturated heterocycles. The fraction of sp³-hybridized carbons (Fsp3) is 0.417. The molecule has 32 heavy (non-hydrogen) atoms. The number of nitrogens with zero attached hydrogens (tertiary/aromatic N) is 3. The first-order valence-corrected chi connectivity index (χ1v) is 11.0. The molecule has 0 amide bonds. The molecule has 2 aromatic heterocycles. The zero-order valence-corrected chi connectivity index (χ0v) is 20.9. The first-order chi connectivity index (χ1) is 15.1. The maximum Gasteiger partial charge on any atom is 0.191 e. The van der Waals surface area contributed by atoms with E-state index in [9.17, 15) is 4.39 Å². The molecule has 0 bridgehead atoms. The summed E-state index contributed by atoms with van der Waals surface area (Å²) in [5.41, 5.74) is 2.79. The van der Waals surface area contributed by atoms with E-state index in [0.717, 1.165) is 29.9 Å². The first kappa shape index (κ1) is 24.3. The van der Waals surface area contributed by atoms with Gasteiger partial charge in [0.1, 0.15) is 5.65 Å². The average molecular weight is 551 g/mol. The highest BCUT2D eigenvalue weighted by atomic mass is 127. The van der Waals surface area contributed by atoms with E-state index < -0.39 is 0 Å². The Morgan fingerprint density at radius 2 is 2.16 bits per heavy atom. The Kier molecular flexibility index (Phi) is 8.72. The van der Waals surface area contributed by atoms with Gasteiger partial charge in [-0.2, -0.15) is 0 Å². The molecule has 4 rings (SSSR count). The molecule has 0 radical (unpaired) electrons. The number of nitrogens with one attached hydrogen (secondary N) is 2. The van der Waals surface area contributed by atoms with E-state index >= 15 is 0 Å². The van der Waals surface area contributed by atoms with Crippen LogP contribution in [-0.2, 0) is 6.42 Å². The van der Waals surface area contributed by atoms with Crippen LogP contribution in [0.15, 0.2) is 53.8 Å². The van der Waals surface area contributed by atoms with Crippen molar-refractivity contribution in [3.63, 3.8) is 0 Å². The Hall–Kier alpha value is -2.36. The van der Waals surface area contributed by atoms with Gasteiger partial charge in [0.15, 0.2) is 17.5 Å². The average Bonchev–Trinajstić information content (AvgIpc) is 3.50. The van der Waals surface area contributed by atoms with E-state index in [1.807, 2.05) is 54.9 Å². The third-order valence-corrected chi connectivity index (χ3v) is 5.38. The lowest BCUT2D eigenvalue weighted by Crippen LogP contribution is -2.38. The van der Waals surface area contributed by atoms with Gasteiger partial charge in [-0.05, 0) is 62.4 Å². The second-order valence-electron chi connectivity index (χ2n) is 8.02. The SMILES string of the molecule is CCNC(=NCCc1cn2ccccc2n1)NC(C)c1ccc(OCC2CC2)c(F)c1.I. The van der Waals surface area contributed by atoms with Crippen molar-refractivity contribution < 1.29 is 9.13 Å². The highest BCUT2D eigenvalue weighted by Crippen LogP contribution is 2.30. The minimum absolute atomic E-state index is 0. The number of rotatable bonds is 9. The van der Waals surface area contributed by atoms with Gasteiger partial charge in [0.2, 0.25) is 0 Å². The monoisotopic (exact) mass is 551 g/mol. The molecule has 1 aliphatic rings. The molecule has 3 aromatic rings. The molecule has 2 heterocycles. The van der Waals surface area contributed by atoms with Crippen molar-refractivity contribution in [3.8, 4) is 5.75 Å². The molecular weight excluding hydrogens is 520 g/mol. The van der Waals surface area contributed by atoms with Crippen LogP contribution in [0.25, 0.3) is 5.65 Å². The summed E-state index contributed by atoms with van der Waals surface area (Å²) in [5.74, 6) is 1.31. The van der Waals surface area contributed by atoms with Crippen molar-refractivity contribution in [2.75, 3.05) is 19.7 Å². The van der Waals surface area contributed by atoms with Crippen LogP contribution in [0.3, 0.4) is 0 Å². The molecule has 1 unspecified atom stereocenters. The molecule has 172 valence electrons. The van der Waals surface area contributed by atoms with Gasteiger partial charge in [-0.3, -0.25) is 4.99 Å². The minimum Gasteiger partial charge on any atom is -0.490 e. The Labute approximate surface area is 205 Å². The number of benzene rings is 1. The number of ether oxygens (including phenoxy) is 1. The highest BCUT2D eigenvalue weighted by Gasteiger charge is 2.22. The standard InChI is InChI=1S/C24H30FN5O.HI/c1-3-26-24(27-12-11-20-15-30-13-5-4-6-23(30)29-20)28-17(2)19-9-10-22(21(25)14-19)31-16-18-7-8-18;/h4-6,9-10,13-15,17-18H,3,7-8,11-12,16H2,1-2H3,(H2,26,27,28);1H. The van der Waals surface area contributed by atoms with Crippen molar-refractivity contribution in [1.82, 2.24) is 20.0 Å². The number of imidazole rings is 1. The predicted molar refractivity (Wildman–Crippen MR) is 136 cm³/mol. The zero-order chi connectivity index (χ0) is 21.6. The van der Waals surface area contributed by atoms with Crippen molar-refractivity contribution in [3.05, 3.63) is 65.9 Å². The smallest absolute Gasteiger partial charge is 0.191 e. The number of halogens is 2. The van der Waals surface area contributed by atoms with Crippen LogP contribution in [0.4, 0.5) is 4.39 Å². The maximum absolute atomic E-state index is 14.4. The third-order valence-electron chi connectivity index (χ3n) is 5.38. The number of aromatic nitrogens is 2. The van der Waals surface area contributed by atoms with E-state index in [0.29, 0.717) is 30.8 Å². The zero-order valence-electron chi connectivity index (χ0n) is 18.6. The lowest BCUT2D eigenvalue weighted by atomic mass is 10.1. The van der Waals surface area contributed by atoms with Gasteiger partial charge in [0.25, 0.3) is 0 Å². The fourth-order valence-corrected chi connectivity index (χ4v) is 3.39. The summed E-state index contributed by atoms with van der Waals surface area (Å²) in [6.45, 7) is 5.97. The van der Waals surface area contributed by atoms with Crippen molar-refractivity contribution >= 4 is 35.6 Å². The van der Waals surface area contributed by atoms with E-state index in [1.54, 1.807) is 12.1 Å². The summed E-state index contributed by atoms with van der Waals surface area (Å²) in [4.78, 5) is 9.28. The number of aliphatic imine (C=N–C) groups is 1. The summed E-state index contributed by atoms with van der Waals surface area (Å²) >= 11 is 0. The molecule has 0 spiro atoms. The van der Waals surface area contributed by atoms with Gasteiger partial charge < -0.3 is 19.8 Å². The van der Waals surface area contributed by atoms with Crippen molar-refractivity contribution in [2.45, 2.75) is 39.2 Å². The Morgan fingerprint density at radius 1 is 1.31 bits per heavy atom. The molecule has 8 heteroatoms. The fourth-order valence-electron chi connectivity index (χ4n) is 3.39. The van der Waals surface area contributed by atoms with Crippen LogP contribution in [0.2, 0.25) is 0 Å². The summed E-state index contributed by atoms with van der Waals surface area (Å²) in [6.07, 6.45) is 7.14. The minimum atomic E-state index is -0.319. The van der Waals surface area contributed by atoms with E-state index in [-0.39, 0.29) is 35.8 Å². The van der Waals surface area contributed by atoms with Crippen LogP contribution < -0.4 is 15.4 Å². The predicted octanol–water partition coefficient (Wildman–Crippen LogP) is 4.74. The molecule has 1 saturated carbocycles. The van der Waals surface area contributed by atoms with Crippen LogP contribution in [-0.4, -0.2) is 35.0 Å². The molecular formula is C24H31FIN5O. The maximum atomic E-state index is 14.4. The van der Waals surface area contributed by atoms with Crippen LogP contribution in [0, 0.1) is 11.7 Å². The molecule has 0 aliphatic heterocycles. The van der Waals surface area contributed by atoms with Crippen LogP contribution in [0.5, 0.6) is 5.75 Å². The highest BCUT2D eigenvalue weighted by molar-refractivity contribution is 14.0. The summed E-state index contributed by atoms with van der Waals surface area (Å²) in [7, 11) is 0. The number of hydrogen-bond acceptors (Lipinski definition) is 3. The topological polar surface area (TPSA) is 63.0 Å². The van der Waals surface area contributed by atoms with Gasteiger partial charge in [-0.15, -0.1) is 24.0 Å².